The number of benzene rings is 1. The van der Waals surface area contributed by atoms with E-state index in [1.807, 2.05) is 0 Å². The van der Waals surface area contributed by atoms with Crippen molar-refractivity contribution in [1.29, 1.82) is 0 Å². The Balaban J connectivity index is 1.77. The SMILES string of the molecule is O=C(NCCC(O)C1CC1)C(=O)Nc1ccc(F)cc1F. The lowest BCUT2D eigenvalue weighted by Crippen LogP contribution is -2.37. The zero-order valence-electron chi connectivity index (χ0n) is 11.2. The van der Waals surface area contributed by atoms with Crippen molar-refractivity contribution < 1.29 is 23.5 Å². The van der Waals surface area contributed by atoms with Gasteiger partial charge in [-0.1, -0.05) is 0 Å². The van der Waals surface area contributed by atoms with Crippen LogP contribution in [-0.4, -0.2) is 29.6 Å². The van der Waals surface area contributed by atoms with Crippen LogP contribution in [0.5, 0.6) is 0 Å². The van der Waals surface area contributed by atoms with Crippen molar-refractivity contribution in [3.05, 3.63) is 29.8 Å². The van der Waals surface area contributed by atoms with Gasteiger partial charge in [-0.3, -0.25) is 9.59 Å². The number of aliphatic hydroxyl groups excluding tert-OH is 1. The summed E-state index contributed by atoms with van der Waals surface area (Å²) in [7, 11) is 0. The minimum absolute atomic E-state index is 0.163. The molecule has 114 valence electrons. The molecule has 1 saturated carbocycles. The third kappa shape index (κ3) is 4.49. The summed E-state index contributed by atoms with van der Waals surface area (Å²) in [6.45, 7) is 0.163. The number of aliphatic hydroxyl groups is 1. The second-order valence-electron chi connectivity index (χ2n) is 5.03. The van der Waals surface area contributed by atoms with Crippen LogP contribution in [0.1, 0.15) is 19.3 Å². The van der Waals surface area contributed by atoms with E-state index in [-0.39, 0.29) is 12.2 Å². The molecule has 0 spiro atoms. The maximum absolute atomic E-state index is 13.3. The van der Waals surface area contributed by atoms with E-state index < -0.39 is 29.6 Å². The Morgan fingerprint density at radius 3 is 2.62 bits per heavy atom. The first-order chi connectivity index (χ1) is 9.97. The van der Waals surface area contributed by atoms with E-state index in [4.69, 9.17) is 0 Å². The van der Waals surface area contributed by atoms with E-state index in [0.29, 0.717) is 18.4 Å². The number of rotatable bonds is 5. The summed E-state index contributed by atoms with van der Waals surface area (Å²) < 4.78 is 26.0. The van der Waals surface area contributed by atoms with Crippen molar-refractivity contribution in [3.63, 3.8) is 0 Å². The third-order valence-corrected chi connectivity index (χ3v) is 3.28. The zero-order chi connectivity index (χ0) is 15.4. The highest BCUT2D eigenvalue weighted by Gasteiger charge is 2.29. The van der Waals surface area contributed by atoms with Crippen LogP contribution in [0.4, 0.5) is 14.5 Å². The van der Waals surface area contributed by atoms with Gasteiger partial charge in [-0.05, 0) is 37.3 Å². The summed E-state index contributed by atoms with van der Waals surface area (Å²) in [6, 6.07) is 2.62. The van der Waals surface area contributed by atoms with Crippen molar-refractivity contribution >= 4 is 17.5 Å². The fourth-order valence-corrected chi connectivity index (χ4v) is 1.90. The molecule has 1 aliphatic carbocycles. The summed E-state index contributed by atoms with van der Waals surface area (Å²) in [6.07, 6.45) is 1.87. The Bertz CT molecular complexity index is 547. The van der Waals surface area contributed by atoms with Crippen molar-refractivity contribution in [1.82, 2.24) is 5.32 Å². The lowest BCUT2D eigenvalue weighted by atomic mass is 10.2. The molecule has 2 rings (SSSR count). The number of carbonyl (C=O) groups is 2. The molecular formula is C14H16F2N2O3. The molecule has 1 fully saturated rings. The molecule has 7 heteroatoms. The molecule has 1 aliphatic rings. The standard InChI is InChI=1S/C14H16F2N2O3/c15-9-3-4-11(10(16)7-9)18-14(21)13(20)17-6-5-12(19)8-1-2-8/h3-4,7-8,12,19H,1-2,5-6H2,(H,17,20)(H,18,21). The molecule has 2 amide bonds. The van der Waals surface area contributed by atoms with Gasteiger partial charge in [0.2, 0.25) is 0 Å². The fourth-order valence-electron chi connectivity index (χ4n) is 1.90. The van der Waals surface area contributed by atoms with Gasteiger partial charge in [-0.2, -0.15) is 0 Å². The average Bonchev–Trinajstić information content (AvgIpc) is 3.26. The van der Waals surface area contributed by atoms with Gasteiger partial charge in [0.05, 0.1) is 11.8 Å². The van der Waals surface area contributed by atoms with Crippen molar-refractivity contribution in [2.45, 2.75) is 25.4 Å². The van der Waals surface area contributed by atoms with Crippen LogP contribution >= 0.6 is 0 Å². The number of hydrogen-bond acceptors (Lipinski definition) is 3. The minimum Gasteiger partial charge on any atom is -0.393 e. The molecule has 3 N–H and O–H groups in total. The molecule has 0 aromatic heterocycles. The van der Waals surface area contributed by atoms with E-state index in [0.717, 1.165) is 25.0 Å². The van der Waals surface area contributed by atoms with Gasteiger partial charge in [0.1, 0.15) is 11.6 Å². The van der Waals surface area contributed by atoms with E-state index in [9.17, 15) is 23.5 Å². The number of halogens is 2. The van der Waals surface area contributed by atoms with E-state index in [1.165, 1.54) is 0 Å². The predicted octanol–water partition coefficient (Wildman–Crippen LogP) is 1.18. The van der Waals surface area contributed by atoms with Gasteiger partial charge >= 0.3 is 11.8 Å². The van der Waals surface area contributed by atoms with Crippen LogP contribution in [0.15, 0.2) is 18.2 Å². The largest absolute Gasteiger partial charge is 0.393 e. The summed E-state index contributed by atoms with van der Waals surface area (Å²) in [5, 5.41) is 14.0. The molecular weight excluding hydrogens is 282 g/mol. The predicted molar refractivity (Wildman–Crippen MR) is 71.3 cm³/mol. The number of anilines is 1. The van der Waals surface area contributed by atoms with E-state index in [2.05, 4.69) is 10.6 Å². The molecule has 0 heterocycles. The minimum atomic E-state index is -1.04. The lowest BCUT2D eigenvalue weighted by Gasteiger charge is -2.10. The topological polar surface area (TPSA) is 78.4 Å². The van der Waals surface area contributed by atoms with Crippen molar-refractivity contribution in [2.75, 3.05) is 11.9 Å². The van der Waals surface area contributed by atoms with Crippen LogP contribution in [-0.2, 0) is 9.59 Å². The molecule has 0 aliphatic heterocycles. The molecule has 5 nitrogen and oxygen atoms in total. The number of hydrogen-bond donors (Lipinski definition) is 3. The zero-order valence-corrected chi connectivity index (χ0v) is 11.2. The second kappa shape index (κ2) is 6.62. The summed E-state index contributed by atoms with van der Waals surface area (Å²) >= 11 is 0. The van der Waals surface area contributed by atoms with Crippen LogP contribution in [0.3, 0.4) is 0 Å². The highest BCUT2D eigenvalue weighted by Crippen LogP contribution is 2.33. The first-order valence-electron chi connectivity index (χ1n) is 6.69. The lowest BCUT2D eigenvalue weighted by molar-refractivity contribution is -0.136. The molecule has 1 unspecified atom stereocenters. The maximum atomic E-state index is 13.3. The Morgan fingerprint density at radius 2 is 2.00 bits per heavy atom. The Hall–Kier alpha value is -2.02. The second-order valence-corrected chi connectivity index (χ2v) is 5.03. The normalized spacial score (nSPS) is 15.4. The first-order valence-corrected chi connectivity index (χ1v) is 6.69. The fraction of sp³-hybridized carbons (Fsp3) is 0.429. The molecule has 0 bridgehead atoms. The molecule has 1 aromatic carbocycles. The van der Waals surface area contributed by atoms with Crippen LogP contribution < -0.4 is 10.6 Å². The summed E-state index contributed by atoms with van der Waals surface area (Å²) in [4.78, 5) is 23.0. The summed E-state index contributed by atoms with van der Waals surface area (Å²) in [5.41, 5.74) is -0.269. The van der Waals surface area contributed by atoms with Gasteiger partial charge < -0.3 is 15.7 Å². The molecule has 1 atom stereocenters. The highest BCUT2D eigenvalue weighted by molar-refractivity contribution is 6.39. The van der Waals surface area contributed by atoms with Gasteiger partial charge in [0.15, 0.2) is 0 Å². The van der Waals surface area contributed by atoms with Crippen molar-refractivity contribution in [3.8, 4) is 0 Å². The first kappa shape index (κ1) is 15.4. The van der Waals surface area contributed by atoms with Crippen LogP contribution in [0.2, 0.25) is 0 Å². The Labute approximate surface area is 120 Å². The van der Waals surface area contributed by atoms with Crippen LogP contribution in [0, 0.1) is 17.6 Å². The quantitative estimate of drug-likeness (QED) is 0.714. The molecule has 21 heavy (non-hydrogen) atoms. The van der Waals surface area contributed by atoms with E-state index in [1.54, 1.807) is 0 Å². The van der Waals surface area contributed by atoms with Gasteiger partial charge in [-0.25, -0.2) is 8.78 Å². The number of amides is 2. The third-order valence-electron chi connectivity index (χ3n) is 3.28. The number of carbonyl (C=O) groups excluding carboxylic acids is 2. The Morgan fingerprint density at radius 1 is 1.29 bits per heavy atom. The van der Waals surface area contributed by atoms with Gasteiger partial charge in [-0.15, -0.1) is 0 Å². The van der Waals surface area contributed by atoms with Crippen molar-refractivity contribution in [2.24, 2.45) is 5.92 Å². The molecule has 0 radical (unpaired) electrons. The summed E-state index contributed by atoms with van der Waals surface area (Å²) in [5.74, 6) is -3.41. The Kier molecular flexibility index (Phi) is 4.85. The average molecular weight is 298 g/mol. The van der Waals surface area contributed by atoms with Crippen LogP contribution in [0.25, 0.3) is 0 Å². The van der Waals surface area contributed by atoms with E-state index >= 15 is 0 Å². The van der Waals surface area contributed by atoms with Gasteiger partial charge in [0.25, 0.3) is 0 Å². The maximum Gasteiger partial charge on any atom is 0.313 e. The highest BCUT2D eigenvalue weighted by atomic mass is 19.1. The number of nitrogens with one attached hydrogen (secondary N) is 2. The molecule has 0 saturated heterocycles. The van der Waals surface area contributed by atoms with Gasteiger partial charge in [0, 0.05) is 12.6 Å². The monoisotopic (exact) mass is 298 g/mol. The molecule has 1 aromatic rings. The smallest absolute Gasteiger partial charge is 0.313 e.